The lowest BCUT2D eigenvalue weighted by molar-refractivity contribution is 0.377. The van der Waals surface area contributed by atoms with Crippen LogP contribution in [0.4, 0.5) is 0 Å². The van der Waals surface area contributed by atoms with Crippen LogP contribution in [-0.4, -0.2) is 0 Å². The summed E-state index contributed by atoms with van der Waals surface area (Å²) in [6.45, 7) is 7.59. The number of hydrogen-bond donors (Lipinski definition) is 1. The molecule has 1 aromatic carbocycles. The average molecular weight is 255 g/mol. The molecule has 0 aromatic heterocycles. The van der Waals surface area contributed by atoms with E-state index in [0.717, 1.165) is 0 Å². The van der Waals surface area contributed by atoms with Crippen molar-refractivity contribution in [3.63, 3.8) is 0 Å². The molecule has 1 heteroatoms. The summed E-state index contributed by atoms with van der Waals surface area (Å²) in [5, 5.41) is 0. The molecule has 2 rings (SSSR count). The Bertz CT molecular complexity index is 506. The summed E-state index contributed by atoms with van der Waals surface area (Å²) in [4.78, 5) is 0. The highest BCUT2D eigenvalue weighted by Gasteiger charge is 2.26. The molecule has 1 aliphatic carbocycles. The molecule has 0 amide bonds. The topological polar surface area (TPSA) is 26.0 Å². The van der Waals surface area contributed by atoms with E-state index in [4.69, 9.17) is 5.73 Å². The highest BCUT2D eigenvalue weighted by molar-refractivity contribution is 5.55. The molecule has 19 heavy (non-hydrogen) atoms. The van der Waals surface area contributed by atoms with E-state index >= 15 is 0 Å². The third-order valence-corrected chi connectivity index (χ3v) is 4.17. The monoisotopic (exact) mass is 255 g/mol. The fraction of sp³-hybridized carbons (Fsp3) is 0.444. The predicted octanol–water partition coefficient (Wildman–Crippen LogP) is 4.69. The fourth-order valence-electron chi connectivity index (χ4n) is 3.01. The summed E-state index contributed by atoms with van der Waals surface area (Å²) in [7, 11) is 0. The Morgan fingerprint density at radius 1 is 1.26 bits per heavy atom. The van der Waals surface area contributed by atoms with Gasteiger partial charge in [0.05, 0.1) is 0 Å². The Labute approximate surface area is 117 Å². The van der Waals surface area contributed by atoms with Crippen LogP contribution in [0.25, 0.3) is 6.08 Å². The Morgan fingerprint density at radius 2 is 2.05 bits per heavy atom. The maximum Gasteiger partial charge on any atom is 0.0178 e. The molecule has 0 saturated carbocycles. The standard InChI is InChI=1S/C18H25N/c1-14-6-5-11-18(2,3)17(14)10-9-15-7-4-8-16(12-15)13-19/h4,7-10,12H,5-6,11,13,19H2,1-3H3/b10-9+. The second-order valence-electron chi connectivity index (χ2n) is 6.21. The van der Waals surface area contributed by atoms with Gasteiger partial charge in [-0.15, -0.1) is 0 Å². The molecule has 0 heterocycles. The second-order valence-corrected chi connectivity index (χ2v) is 6.21. The van der Waals surface area contributed by atoms with Crippen LogP contribution < -0.4 is 5.73 Å². The number of rotatable bonds is 3. The fourth-order valence-corrected chi connectivity index (χ4v) is 3.01. The lowest BCUT2D eigenvalue weighted by Crippen LogP contribution is -2.18. The quantitative estimate of drug-likeness (QED) is 0.833. The van der Waals surface area contributed by atoms with Gasteiger partial charge >= 0.3 is 0 Å². The van der Waals surface area contributed by atoms with Gasteiger partial charge in [0, 0.05) is 6.54 Å². The minimum Gasteiger partial charge on any atom is -0.326 e. The van der Waals surface area contributed by atoms with Crippen molar-refractivity contribution in [2.75, 3.05) is 0 Å². The molecular weight excluding hydrogens is 230 g/mol. The summed E-state index contributed by atoms with van der Waals surface area (Å²) in [5.74, 6) is 0. The highest BCUT2D eigenvalue weighted by atomic mass is 14.5. The van der Waals surface area contributed by atoms with Crippen LogP contribution >= 0.6 is 0 Å². The van der Waals surface area contributed by atoms with Crippen molar-refractivity contribution in [3.8, 4) is 0 Å². The molecule has 1 aromatic rings. The van der Waals surface area contributed by atoms with Crippen LogP contribution in [0.3, 0.4) is 0 Å². The summed E-state index contributed by atoms with van der Waals surface area (Å²) >= 11 is 0. The maximum atomic E-state index is 5.69. The van der Waals surface area contributed by atoms with Gasteiger partial charge in [0.2, 0.25) is 0 Å². The van der Waals surface area contributed by atoms with E-state index in [1.54, 1.807) is 5.57 Å². The van der Waals surface area contributed by atoms with Crippen molar-refractivity contribution < 1.29 is 0 Å². The molecule has 0 bridgehead atoms. The molecule has 102 valence electrons. The van der Waals surface area contributed by atoms with Gasteiger partial charge in [0.25, 0.3) is 0 Å². The van der Waals surface area contributed by atoms with Crippen LogP contribution in [-0.2, 0) is 6.54 Å². The van der Waals surface area contributed by atoms with Crippen molar-refractivity contribution in [2.24, 2.45) is 11.1 Å². The van der Waals surface area contributed by atoms with Gasteiger partial charge in [-0.1, -0.05) is 55.8 Å². The van der Waals surface area contributed by atoms with E-state index in [0.29, 0.717) is 12.0 Å². The molecular formula is C18H25N. The molecule has 1 aliphatic rings. The second kappa shape index (κ2) is 5.75. The number of allylic oxidation sites excluding steroid dienone is 3. The molecule has 0 unspecified atom stereocenters. The Balaban J connectivity index is 2.26. The summed E-state index contributed by atoms with van der Waals surface area (Å²) in [6, 6.07) is 8.46. The minimum absolute atomic E-state index is 0.310. The van der Waals surface area contributed by atoms with Gasteiger partial charge in [-0.2, -0.15) is 0 Å². The van der Waals surface area contributed by atoms with Gasteiger partial charge in [-0.25, -0.2) is 0 Å². The van der Waals surface area contributed by atoms with Crippen molar-refractivity contribution in [1.29, 1.82) is 0 Å². The van der Waals surface area contributed by atoms with E-state index in [1.165, 1.54) is 36.0 Å². The van der Waals surface area contributed by atoms with Gasteiger partial charge in [0.15, 0.2) is 0 Å². The molecule has 2 N–H and O–H groups in total. The summed E-state index contributed by atoms with van der Waals surface area (Å²) in [6.07, 6.45) is 8.38. The maximum absolute atomic E-state index is 5.69. The minimum atomic E-state index is 0.310. The van der Waals surface area contributed by atoms with Gasteiger partial charge in [0.1, 0.15) is 0 Å². The molecule has 1 nitrogen and oxygen atoms in total. The van der Waals surface area contributed by atoms with Crippen LogP contribution in [0.15, 0.2) is 41.5 Å². The molecule has 0 radical (unpaired) electrons. The normalized spacial score (nSPS) is 19.2. The Hall–Kier alpha value is -1.34. The molecule has 0 aliphatic heterocycles. The van der Waals surface area contributed by atoms with E-state index < -0.39 is 0 Å². The van der Waals surface area contributed by atoms with Gasteiger partial charge in [-0.3, -0.25) is 0 Å². The summed E-state index contributed by atoms with van der Waals surface area (Å²) in [5.41, 5.74) is 11.5. The first-order chi connectivity index (χ1) is 9.03. The van der Waals surface area contributed by atoms with E-state index in [1.807, 2.05) is 0 Å². The van der Waals surface area contributed by atoms with Crippen molar-refractivity contribution in [1.82, 2.24) is 0 Å². The molecule has 0 fully saturated rings. The zero-order valence-electron chi connectivity index (χ0n) is 12.4. The third-order valence-electron chi connectivity index (χ3n) is 4.17. The number of benzene rings is 1. The van der Waals surface area contributed by atoms with Crippen LogP contribution in [0, 0.1) is 5.41 Å². The van der Waals surface area contributed by atoms with Crippen LogP contribution in [0.2, 0.25) is 0 Å². The van der Waals surface area contributed by atoms with Gasteiger partial charge < -0.3 is 5.73 Å². The van der Waals surface area contributed by atoms with E-state index in [2.05, 4.69) is 57.2 Å². The number of hydrogen-bond acceptors (Lipinski definition) is 1. The Kier molecular flexibility index (Phi) is 4.26. The van der Waals surface area contributed by atoms with E-state index in [-0.39, 0.29) is 0 Å². The molecule has 0 saturated heterocycles. The van der Waals surface area contributed by atoms with Crippen molar-refractivity contribution in [3.05, 3.63) is 52.6 Å². The van der Waals surface area contributed by atoms with Crippen molar-refractivity contribution >= 4 is 6.08 Å². The van der Waals surface area contributed by atoms with E-state index in [9.17, 15) is 0 Å². The SMILES string of the molecule is CC1=C(/C=C/c2cccc(CN)c2)C(C)(C)CCC1. The predicted molar refractivity (Wildman–Crippen MR) is 83.7 cm³/mol. The first-order valence-electron chi connectivity index (χ1n) is 7.20. The highest BCUT2D eigenvalue weighted by Crippen LogP contribution is 2.40. The molecule has 0 atom stereocenters. The van der Waals surface area contributed by atoms with Crippen LogP contribution in [0.5, 0.6) is 0 Å². The lowest BCUT2D eigenvalue weighted by Gasteiger charge is -2.32. The number of nitrogens with two attached hydrogens (primary N) is 1. The average Bonchev–Trinajstić information content (AvgIpc) is 2.37. The Morgan fingerprint density at radius 3 is 2.74 bits per heavy atom. The zero-order valence-corrected chi connectivity index (χ0v) is 12.4. The molecule has 0 spiro atoms. The van der Waals surface area contributed by atoms with Crippen molar-refractivity contribution in [2.45, 2.75) is 46.6 Å². The first kappa shape index (κ1) is 14.1. The largest absolute Gasteiger partial charge is 0.326 e. The lowest BCUT2D eigenvalue weighted by atomic mass is 9.72. The van der Waals surface area contributed by atoms with Gasteiger partial charge in [-0.05, 0) is 48.3 Å². The summed E-state index contributed by atoms with van der Waals surface area (Å²) < 4.78 is 0. The zero-order chi connectivity index (χ0) is 13.9. The smallest absolute Gasteiger partial charge is 0.0178 e. The van der Waals surface area contributed by atoms with Crippen LogP contribution in [0.1, 0.15) is 51.2 Å². The first-order valence-corrected chi connectivity index (χ1v) is 7.20. The third kappa shape index (κ3) is 3.36.